The summed E-state index contributed by atoms with van der Waals surface area (Å²) in [6.45, 7) is 2.57. The van der Waals surface area contributed by atoms with Gasteiger partial charge in [-0.1, -0.05) is 42.1 Å². The number of carbonyl (C=O) groups excluding carboxylic acids is 1. The van der Waals surface area contributed by atoms with Crippen molar-refractivity contribution >= 4 is 17.7 Å². The van der Waals surface area contributed by atoms with E-state index in [4.69, 9.17) is 4.74 Å². The van der Waals surface area contributed by atoms with Crippen LogP contribution in [-0.2, 0) is 9.53 Å². The summed E-state index contributed by atoms with van der Waals surface area (Å²) in [5, 5.41) is 0.678. The van der Waals surface area contributed by atoms with Crippen LogP contribution in [0.2, 0.25) is 0 Å². The highest BCUT2D eigenvalue weighted by molar-refractivity contribution is 8.00. The number of benzene rings is 1. The third kappa shape index (κ3) is 3.35. The smallest absolute Gasteiger partial charge is 0.240 e. The molecule has 4 rings (SSSR count). The van der Waals surface area contributed by atoms with Gasteiger partial charge in [0.05, 0.1) is 13.2 Å². The fraction of sp³-hybridized carbons (Fsp3) is 0.444. The van der Waals surface area contributed by atoms with Gasteiger partial charge in [-0.2, -0.15) is 0 Å². The summed E-state index contributed by atoms with van der Waals surface area (Å²) in [5.41, 5.74) is 1.03. The van der Waals surface area contributed by atoms with Crippen molar-refractivity contribution in [2.24, 2.45) is 0 Å². The van der Waals surface area contributed by atoms with Crippen molar-refractivity contribution in [1.82, 2.24) is 14.5 Å². The zero-order valence-electron chi connectivity index (χ0n) is 13.5. The van der Waals surface area contributed by atoms with Crippen LogP contribution in [-0.4, -0.2) is 46.7 Å². The fourth-order valence-electron chi connectivity index (χ4n) is 2.97. The first-order chi connectivity index (χ1) is 11.8. The van der Waals surface area contributed by atoms with Crippen molar-refractivity contribution in [1.29, 1.82) is 0 Å². The summed E-state index contributed by atoms with van der Waals surface area (Å²) in [6, 6.07) is 10.6. The number of ether oxygens (including phenoxy) is 1. The lowest BCUT2D eigenvalue weighted by atomic mass is 10.1. The quantitative estimate of drug-likeness (QED) is 0.783. The van der Waals surface area contributed by atoms with E-state index in [2.05, 4.69) is 9.55 Å². The van der Waals surface area contributed by atoms with Gasteiger partial charge in [-0.05, 0) is 18.4 Å². The normalized spacial score (nSPS) is 19.2. The molecule has 0 spiro atoms. The second-order valence-electron chi connectivity index (χ2n) is 6.19. The molecule has 0 radical (unpaired) electrons. The molecule has 6 heteroatoms. The van der Waals surface area contributed by atoms with Crippen LogP contribution in [0.25, 0.3) is 0 Å². The number of thioether (sulfide) groups is 1. The Morgan fingerprint density at radius 2 is 1.96 bits per heavy atom. The Labute approximate surface area is 146 Å². The second-order valence-corrected chi connectivity index (χ2v) is 7.27. The Morgan fingerprint density at radius 3 is 2.67 bits per heavy atom. The average molecular weight is 343 g/mol. The van der Waals surface area contributed by atoms with E-state index in [1.54, 1.807) is 11.8 Å². The minimum atomic E-state index is -0.260. The highest BCUT2D eigenvalue weighted by atomic mass is 32.2. The van der Waals surface area contributed by atoms with Crippen LogP contribution in [0.3, 0.4) is 0 Å². The zero-order valence-corrected chi connectivity index (χ0v) is 14.3. The van der Waals surface area contributed by atoms with Gasteiger partial charge in [-0.15, -0.1) is 0 Å². The van der Waals surface area contributed by atoms with Crippen LogP contribution in [0.15, 0.2) is 47.9 Å². The van der Waals surface area contributed by atoms with E-state index in [9.17, 15) is 4.79 Å². The fourth-order valence-corrected chi connectivity index (χ4v) is 4.17. The van der Waals surface area contributed by atoms with Crippen LogP contribution in [0.5, 0.6) is 0 Å². The molecule has 2 aliphatic rings. The minimum Gasteiger partial charge on any atom is -0.378 e. The lowest BCUT2D eigenvalue weighted by Gasteiger charge is -2.30. The number of hydrogen-bond acceptors (Lipinski definition) is 4. The maximum Gasteiger partial charge on any atom is 0.240 e. The van der Waals surface area contributed by atoms with Gasteiger partial charge in [0, 0.05) is 31.5 Å². The van der Waals surface area contributed by atoms with Gasteiger partial charge < -0.3 is 14.2 Å². The standard InChI is InChI=1S/C18H21N3O2S/c22-17(20-10-12-23-13-11-20)16(14-4-2-1-3-5-14)24-18-19-8-9-21(18)15-6-7-15/h1-5,8-9,15-16H,6-7,10-13H2. The number of rotatable bonds is 5. The number of morpholine rings is 1. The van der Waals surface area contributed by atoms with Crippen LogP contribution in [0.1, 0.15) is 29.7 Å². The molecule has 2 fully saturated rings. The van der Waals surface area contributed by atoms with Crippen LogP contribution >= 0.6 is 11.8 Å². The lowest BCUT2D eigenvalue weighted by Crippen LogP contribution is -2.42. The molecule has 0 N–H and O–H groups in total. The third-order valence-electron chi connectivity index (χ3n) is 4.45. The van der Waals surface area contributed by atoms with Gasteiger partial charge in [-0.25, -0.2) is 4.98 Å². The van der Waals surface area contributed by atoms with Crippen LogP contribution in [0.4, 0.5) is 0 Å². The SMILES string of the molecule is O=C(C(Sc1nccn1C1CC1)c1ccccc1)N1CCOCC1. The number of aromatic nitrogens is 2. The largest absolute Gasteiger partial charge is 0.378 e. The number of nitrogens with zero attached hydrogens (tertiary/aromatic N) is 3. The molecule has 2 aromatic rings. The minimum absolute atomic E-state index is 0.153. The number of carbonyl (C=O) groups is 1. The first kappa shape index (κ1) is 15.7. The maximum absolute atomic E-state index is 13.1. The van der Waals surface area contributed by atoms with Crippen molar-refractivity contribution < 1.29 is 9.53 Å². The molecule has 0 bridgehead atoms. The van der Waals surface area contributed by atoms with Crippen molar-refractivity contribution in [2.75, 3.05) is 26.3 Å². The van der Waals surface area contributed by atoms with Gasteiger partial charge >= 0.3 is 0 Å². The Balaban J connectivity index is 1.60. The van der Waals surface area contributed by atoms with Gasteiger partial charge in [0.2, 0.25) is 5.91 Å². The maximum atomic E-state index is 13.1. The van der Waals surface area contributed by atoms with Gasteiger partial charge in [0.25, 0.3) is 0 Å². The summed E-state index contributed by atoms with van der Waals surface area (Å²) < 4.78 is 7.60. The molecule has 24 heavy (non-hydrogen) atoms. The summed E-state index contributed by atoms with van der Waals surface area (Å²) in [4.78, 5) is 19.6. The van der Waals surface area contributed by atoms with E-state index in [0.717, 1.165) is 10.7 Å². The zero-order chi connectivity index (χ0) is 16.4. The molecule has 1 aromatic carbocycles. The second kappa shape index (κ2) is 6.99. The molecule has 126 valence electrons. The van der Waals surface area contributed by atoms with E-state index in [0.29, 0.717) is 32.3 Å². The lowest BCUT2D eigenvalue weighted by molar-refractivity contribution is -0.134. The van der Waals surface area contributed by atoms with E-state index in [-0.39, 0.29) is 11.2 Å². The average Bonchev–Trinajstić information content (AvgIpc) is 3.39. The molecule has 1 unspecified atom stereocenters. The van der Waals surface area contributed by atoms with Gasteiger partial charge in [-0.3, -0.25) is 4.79 Å². The summed E-state index contributed by atoms with van der Waals surface area (Å²) in [5.74, 6) is 0.153. The van der Waals surface area contributed by atoms with E-state index >= 15 is 0 Å². The summed E-state index contributed by atoms with van der Waals surface area (Å²) in [6.07, 6.45) is 6.28. The Morgan fingerprint density at radius 1 is 1.21 bits per heavy atom. The first-order valence-corrected chi connectivity index (χ1v) is 9.32. The number of amides is 1. The number of hydrogen-bond donors (Lipinski definition) is 0. The van der Waals surface area contributed by atoms with Crippen molar-refractivity contribution in [2.45, 2.75) is 29.3 Å². The predicted octanol–water partition coefficient (Wildman–Crippen LogP) is 2.91. The first-order valence-electron chi connectivity index (χ1n) is 8.44. The molecule has 5 nitrogen and oxygen atoms in total. The van der Waals surface area contributed by atoms with Crippen LogP contribution in [0, 0.1) is 0 Å². The molecule has 1 aromatic heterocycles. The molecule has 1 atom stereocenters. The Kier molecular flexibility index (Phi) is 4.58. The van der Waals surface area contributed by atoms with E-state index in [1.807, 2.05) is 47.6 Å². The summed E-state index contributed by atoms with van der Waals surface area (Å²) in [7, 11) is 0. The monoisotopic (exact) mass is 343 g/mol. The molecular weight excluding hydrogens is 322 g/mol. The van der Waals surface area contributed by atoms with Crippen LogP contribution < -0.4 is 0 Å². The molecule has 1 aliphatic heterocycles. The predicted molar refractivity (Wildman–Crippen MR) is 92.9 cm³/mol. The molecule has 1 amide bonds. The molecule has 1 saturated carbocycles. The Hall–Kier alpha value is -1.79. The molecular formula is C18H21N3O2S. The van der Waals surface area contributed by atoms with Crippen molar-refractivity contribution in [3.05, 3.63) is 48.3 Å². The van der Waals surface area contributed by atoms with Gasteiger partial charge in [0.15, 0.2) is 5.16 Å². The summed E-state index contributed by atoms with van der Waals surface area (Å²) >= 11 is 1.57. The third-order valence-corrected chi connectivity index (χ3v) is 5.68. The van der Waals surface area contributed by atoms with Crippen molar-refractivity contribution in [3.8, 4) is 0 Å². The van der Waals surface area contributed by atoms with E-state index in [1.165, 1.54) is 12.8 Å². The number of imidazole rings is 1. The van der Waals surface area contributed by atoms with E-state index < -0.39 is 0 Å². The highest BCUT2D eigenvalue weighted by Gasteiger charge is 2.31. The van der Waals surface area contributed by atoms with Gasteiger partial charge in [0.1, 0.15) is 5.25 Å². The molecule has 1 aliphatic carbocycles. The van der Waals surface area contributed by atoms with Crippen molar-refractivity contribution in [3.63, 3.8) is 0 Å². The topological polar surface area (TPSA) is 47.4 Å². The highest BCUT2D eigenvalue weighted by Crippen LogP contribution is 2.42. The molecule has 1 saturated heterocycles. The molecule has 2 heterocycles. The Bertz CT molecular complexity index is 693.